The van der Waals surface area contributed by atoms with Gasteiger partial charge in [0.25, 0.3) is 11.1 Å². The second-order valence-electron chi connectivity index (χ2n) is 5.44. The van der Waals surface area contributed by atoms with Gasteiger partial charge in [0.2, 0.25) is 5.91 Å². The van der Waals surface area contributed by atoms with Gasteiger partial charge in [-0.3, -0.25) is 4.79 Å². The number of carbonyl (C=O) groups is 1. The molecule has 0 saturated carbocycles. The van der Waals surface area contributed by atoms with Crippen LogP contribution < -0.4 is 14.8 Å². The van der Waals surface area contributed by atoms with E-state index in [0.717, 1.165) is 10.6 Å². The van der Waals surface area contributed by atoms with E-state index in [-0.39, 0.29) is 17.8 Å². The van der Waals surface area contributed by atoms with Gasteiger partial charge in [-0.05, 0) is 23.6 Å². The van der Waals surface area contributed by atoms with Crippen LogP contribution in [0.15, 0.2) is 51.4 Å². The van der Waals surface area contributed by atoms with Gasteiger partial charge in [-0.2, -0.15) is 0 Å². The van der Waals surface area contributed by atoms with Crippen molar-refractivity contribution >= 4 is 29.0 Å². The number of nitrogens with one attached hydrogen (secondary N) is 1. The van der Waals surface area contributed by atoms with E-state index in [2.05, 4.69) is 15.5 Å². The van der Waals surface area contributed by atoms with Crippen LogP contribution >= 0.6 is 23.1 Å². The molecule has 3 aromatic rings. The van der Waals surface area contributed by atoms with E-state index in [4.69, 9.17) is 13.9 Å². The summed E-state index contributed by atoms with van der Waals surface area (Å²) in [5, 5.41) is 13.1. The van der Waals surface area contributed by atoms with Crippen LogP contribution in [-0.2, 0) is 4.79 Å². The number of para-hydroxylation sites is 2. The highest BCUT2D eigenvalue weighted by atomic mass is 32.2. The summed E-state index contributed by atoms with van der Waals surface area (Å²) in [6, 6.07) is 11.3. The largest absolute Gasteiger partial charge is 0.486 e. The molecule has 1 atom stereocenters. The first-order valence-corrected chi connectivity index (χ1v) is 9.80. The predicted molar refractivity (Wildman–Crippen MR) is 97.7 cm³/mol. The minimum Gasteiger partial charge on any atom is -0.486 e. The molecule has 134 valence electrons. The maximum atomic E-state index is 12.0. The van der Waals surface area contributed by atoms with Crippen LogP contribution in [0.3, 0.4) is 0 Å². The Morgan fingerprint density at radius 3 is 2.96 bits per heavy atom. The number of nitrogens with zero attached hydrogens (tertiary/aromatic N) is 2. The van der Waals surface area contributed by atoms with E-state index in [9.17, 15) is 4.79 Å². The summed E-state index contributed by atoms with van der Waals surface area (Å²) in [5.41, 5.74) is 0. The summed E-state index contributed by atoms with van der Waals surface area (Å²) in [4.78, 5) is 12.9. The third kappa shape index (κ3) is 4.00. The summed E-state index contributed by atoms with van der Waals surface area (Å²) < 4.78 is 17.0. The molecule has 7 nitrogen and oxygen atoms in total. The van der Waals surface area contributed by atoms with Crippen molar-refractivity contribution in [1.29, 1.82) is 0 Å². The third-order valence-electron chi connectivity index (χ3n) is 3.56. The van der Waals surface area contributed by atoms with Crippen LogP contribution in [-0.4, -0.2) is 41.1 Å². The second kappa shape index (κ2) is 7.79. The second-order valence-corrected chi connectivity index (χ2v) is 7.32. The van der Waals surface area contributed by atoms with Crippen molar-refractivity contribution in [3.63, 3.8) is 0 Å². The molecule has 0 bridgehead atoms. The maximum absolute atomic E-state index is 12.0. The molecule has 1 N–H and O–H groups in total. The topological polar surface area (TPSA) is 86.5 Å². The fourth-order valence-electron chi connectivity index (χ4n) is 2.34. The van der Waals surface area contributed by atoms with Crippen molar-refractivity contribution in [2.24, 2.45) is 0 Å². The first-order valence-electron chi connectivity index (χ1n) is 7.93. The van der Waals surface area contributed by atoms with Gasteiger partial charge >= 0.3 is 0 Å². The molecule has 4 rings (SSSR count). The number of amides is 1. The number of benzene rings is 1. The van der Waals surface area contributed by atoms with E-state index >= 15 is 0 Å². The Morgan fingerprint density at radius 2 is 2.12 bits per heavy atom. The summed E-state index contributed by atoms with van der Waals surface area (Å²) in [6.45, 7) is 0.774. The van der Waals surface area contributed by atoms with Crippen LogP contribution in [0, 0.1) is 0 Å². The van der Waals surface area contributed by atoms with Crippen LogP contribution in [0.1, 0.15) is 0 Å². The Bertz CT molecular complexity index is 882. The van der Waals surface area contributed by atoms with E-state index in [1.54, 1.807) is 0 Å². The normalized spacial score (nSPS) is 15.6. The van der Waals surface area contributed by atoms with Crippen molar-refractivity contribution in [1.82, 2.24) is 15.5 Å². The van der Waals surface area contributed by atoms with Crippen molar-refractivity contribution in [3.05, 3.63) is 41.8 Å². The number of carbonyl (C=O) groups excluding carboxylic acids is 1. The average Bonchev–Trinajstić information content (AvgIpc) is 3.36. The molecule has 9 heteroatoms. The van der Waals surface area contributed by atoms with Gasteiger partial charge in [0.15, 0.2) is 11.5 Å². The predicted octanol–water partition coefficient (Wildman–Crippen LogP) is 2.85. The van der Waals surface area contributed by atoms with Crippen LogP contribution in [0.4, 0.5) is 0 Å². The molecular formula is C17H15N3O4S2. The lowest BCUT2D eigenvalue weighted by atomic mass is 10.2. The highest BCUT2D eigenvalue weighted by Gasteiger charge is 2.21. The van der Waals surface area contributed by atoms with Gasteiger partial charge in [0.05, 0.1) is 17.2 Å². The Balaban J connectivity index is 1.23. The minimum atomic E-state index is -0.215. The first-order chi connectivity index (χ1) is 12.8. The van der Waals surface area contributed by atoms with Crippen LogP contribution in [0.2, 0.25) is 0 Å². The number of aromatic nitrogens is 2. The van der Waals surface area contributed by atoms with Crippen LogP contribution in [0.5, 0.6) is 11.5 Å². The zero-order chi connectivity index (χ0) is 17.8. The van der Waals surface area contributed by atoms with Gasteiger partial charge in [-0.1, -0.05) is 30.0 Å². The fourth-order valence-corrected chi connectivity index (χ4v) is 3.57. The lowest BCUT2D eigenvalue weighted by molar-refractivity contribution is -0.119. The van der Waals surface area contributed by atoms with E-state index in [1.165, 1.54) is 23.1 Å². The number of fused-ring (bicyclic) bond motifs is 1. The van der Waals surface area contributed by atoms with Gasteiger partial charge < -0.3 is 19.2 Å². The molecule has 1 aliphatic heterocycles. The van der Waals surface area contributed by atoms with Gasteiger partial charge in [0.1, 0.15) is 12.7 Å². The molecule has 3 heterocycles. The Kier molecular flexibility index (Phi) is 5.07. The van der Waals surface area contributed by atoms with E-state index < -0.39 is 0 Å². The summed E-state index contributed by atoms with van der Waals surface area (Å²) >= 11 is 2.72. The van der Waals surface area contributed by atoms with Crippen molar-refractivity contribution in [3.8, 4) is 22.3 Å². The highest BCUT2D eigenvalue weighted by molar-refractivity contribution is 7.99. The quantitative estimate of drug-likeness (QED) is 0.649. The Hall–Kier alpha value is -2.52. The highest BCUT2D eigenvalue weighted by Crippen LogP contribution is 2.30. The molecular weight excluding hydrogens is 374 g/mol. The van der Waals surface area contributed by atoms with E-state index in [1.807, 2.05) is 41.8 Å². The van der Waals surface area contributed by atoms with Crippen molar-refractivity contribution in [2.45, 2.75) is 11.3 Å². The lowest BCUT2D eigenvalue weighted by Crippen LogP contribution is -2.41. The lowest BCUT2D eigenvalue weighted by Gasteiger charge is -2.26. The van der Waals surface area contributed by atoms with Gasteiger partial charge in [-0.25, -0.2) is 0 Å². The smallest absolute Gasteiger partial charge is 0.277 e. The number of thioether (sulfide) groups is 1. The zero-order valence-electron chi connectivity index (χ0n) is 13.6. The molecule has 2 aromatic heterocycles. The SMILES string of the molecule is O=C(CSc1nnc(-c2cccs2)o1)NCC1COc2ccccc2O1. The molecule has 0 fully saturated rings. The number of rotatable bonds is 6. The van der Waals surface area contributed by atoms with Gasteiger partial charge in [0, 0.05) is 0 Å². The molecule has 0 spiro atoms. The monoisotopic (exact) mass is 389 g/mol. The standard InChI is InChI=1S/C17H15N3O4S2/c21-15(10-26-17-20-19-16(24-17)14-6-3-7-25-14)18-8-11-9-22-12-4-1-2-5-13(12)23-11/h1-7,11H,8-10H2,(H,18,21). The number of thiophene rings is 1. The Labute approximate surface area is 157 Å². The summed E-state index contributed by atoms with van der Waals surface area (Å²) in [7, 11) is 0. The van der Waals surface area contributed by atoms with Crippen molar-refractivity contribution < 1.29 is 18.7 Å². The first kappa shape index (κ1) is 16.9. The average molecular weight is 389 g/mol. The number of ether oxygens (including phenoxy) is 2. The molecule has 26 heavy (non-hydrogen) atoms. The molecule has 0 saturated heterocycles. The molecule has 1 aromatic carbocycles. The maximum Gasteiger partial charge on any atom is 0.277 e. The number of hydrogen-bond donors (Lipinski definition) is 1. The molecule has 0 radical (unpaired) electrons. The fraction of sp³-hybridized carbons (Fsp3) is 0.235. The molecule has 1 aliphatic rings. The minimum absolute atomic E-state index is 0.131. The third-order valence-corrected chi connectivity index (χ3v) is 5.24. The summed E-state index contributed by atoms with van der Waals surface area (Å²) in [6.07, 6.45) is -0.215. The van der Waals surface area contributed by atoms with Gasteiger partial charge in [-0.15, -0.1) is 21.5 Å². The molecule has 1 unspecified atom stereocenters. The van der Waals surface area contributed by atoms with Crippen molar-refractivity contribution in [2.75, 3.05) is 18.9 Å². The number of hydrogen-bond acceptors (Lipinski definition) is 8. The van der Waals surface area contributed by atoms with Crippen LogP contribution in [0.25, 0.3) is 10.8 Å². The Morgan fingerprint density at radius 1 is 1.23 bits per heavy atom. The molecule has 0 aliphatic carbocycles. The summed E-state index contributed by atoms with van der Waals surface area (Å²) in [5.74, 6) is 1.95. The van der Waals surface area contributed by atoms with E-state index in [0.29, 0.717) is 30.0 Å². The molecule has 1 amide bonds. The zero-order valence-corrected chi connectivity index (χ0v) is 15.2.